The molecule has 94 valence electrons. The van der Waals surface area contributed by atoms with Gasteiger partial charge < -0.3 is 0 Å². The second kappa shape index (κ2) is 4.43. The van der Waals surface area contributed by atoms with E-state index in [1.165, 1.54) is 0 Å². The van der Waals surface area contributed by atoms with Crippen LogP contribution in [0.15, 0.2) is 12.1 Å². The van der Waals surface area contributed by atoms with Crippen LogP contribution in [0, 0.1) is 6.92 Å². The Bertz CT molecular complexity index is 448. The predicted octanol–water partition coefficient (Wildman–Crippen LogP) is 4.15. The average molecular weight is 252 g/mol. The van der Waals surface area contributed by atoms with Crippen molar-refractivity contribution in [2.24, 2.45) is 0 Å². The number of halogens is 5. The highest BCUT2D eigenvalue weighted by Gasteiger charge is 2.37. The summed E-state index contributed by atoms with van der Waals surface area (Å²) >= 11 is 0. The van der Waals surface area contributed by atoms with Crippen molar-refractivity contribution >= 4 is 5.78 Å². The van der Waals surface area contributed by atoms with Gasteiger partial charge in [-0.05, 0) is 19.4 Å². The molecule has 0 radical (unpaired) electrons. The number of benzene rings is 1. The van der Waals surface area contributed by atoms with Gasteiger partial charge in [-0.2, -0.15) is 13.2 Å². The lowest BCUT2D eigenvalue weighted by Crippen LogP contribution is -2.15. The van der Waals surface area contributed by atoms with E-state index in [0.717, 1.165) is 26.0 Å². The van der Waals surface area contributed by atoms with Gasteiger partial charge >= 0.3 is 6.18 Å². The van der Waals surface area contributed by atoms with E-state index in [0.29, 0.717) is 0 Å². The molecule has 0 saturated heterocycles. The Morgan fingerprint density at radius 3 is 2.12 bits per heavy atom. The molecule has 0 aromatic heterocycles. The second-order valence-corrected chi connectivity index (χ2v) is 3.56. The summed E-state index contributed by atoms with van der Waals surface area (Å²) in [6, 6.07) is 1.64. The molecule has 0 spiro atoms. The molecule has 0 aliphatic rings. The zero-order valence-electron chi connectivity index (χ0n) is 9.03. The lowest BCUT2D eigenvalue weighted by Gasteiger charge is -2.16. The summed E-state index contributed by atoms with van der Waals surface area (Å²) < 4.78 is 63.1. The zero-order valence-corrected chi connectivity index (χ0v) is 9.03. The molecule has 1 nitrogen and oxygen atoms in total. The van der Waals surface area contributed by atoms with Crippen molar-refractivity contribution in [2.75, 3.05) is 0 Å². The molecular formula is C11H9F5O. The normalized spacial score (nSPS) is 12.0. The van der Waals surface area contributed by atoms with Crippen molar-refractivity contribution in [1.82, 2.24) is 0 Å². The van der Waals surface area contributed by atoms with Gasteiger partial charge in [0.05, 0.1) is 5.56 Å². The number of carbonyl (C=O) groups excluding carboxylic acids is 1. The smallest absolute Gasteiger partial charge is 0.294 e. The van der Waals surface area contributed by atoms with Crippen LogP contribution in [0.2, 0.25) is 0 Å². The van der Waals surface area contributed by atoms with Gasteiger partial charge in [-0.15, -0.1) is 0 Å². The first kappa shape index (κ1) is 13.6. The fourth-order valence-corrected chi connectivity index (χ4v) is 1.62. The summed E-state index contributed by atoms with van der Waals surface area (Å²) in [5.41, 5.74) is -3.16. The molecule has 1 aromatic carbocycles. The summed E-state index contributed by atoms with van der Waals surface area (Å²) in [6.07, 6.45) is -7.83. The quantitative estimate of drug-likeness (QED) is 0.570. The largest absolute Gasteiger partial charge is 0.417 e. The Hall–Kier alpha value is -1.46. The van der Waals surface area contributed by atoms with E-state index in [2.05, 4.69) is 0 Å². The van der Waals surface area contributed by atoms with E-state index in [1.54, 1.807) is 0 Å². The number of ketones is 1. The van der Waals surface area contributed by atoms with Crippen molar-refractivity contribution < 1.29 is 26.7 Å². The summed E-state index contributed by atoms with van der Waals surface area (Å²) in [4.78, 5) is 11.1. The van der Waals surface area contributed by atoms with Gasteiger partial charge in [0.1, 0.15) is 0 Å². The monoisotopic (exact) mass is 252 g/mol. The SMILES string of the molecule is CC(=O)c1ccc(C(F)F)c(C)c1C(F)(F)F. The molecule has 17 heavy (non-hydrogen) atoms. The van der Waals surface area contributed by atoms with E-state index < -0.39 is 40.6 Å². The molecule has 1 rings (SSSR count). The lowest BCUT2D eigenvalue weighted by atomic mass is 9.94. The van der Waals surface area contributed by atoms with E-state index in [1.807, 2.05) is 0 Å². The molecule has 1 aromatic rings. The minimum Gasteiger partial charge on any atom is -0.294 e. The Morgan fingerprint density at radius 1 is 1.24 bits per heavy atom. The topological polar surface area (TPSA) is 17.1 Å². The van der Waals surface area contributed by atoms with Crippen molar-refractivity contribution in [3.8, 4) is 0 Å². The molecule has 0 saturated carbocycles. The number of hydrogen-bond donors (Lipinski definition) is 0. The first-order valence-electron chi connectivity index (χ1n) is 4.66. The molecule has 0 aliphatic carbocycles. The van der Waals surface area contributed by atoms with Crippen molar-refractivity contribution in [1.29, 1.82) is 0 Å². The van der Waals surface area contributed by atoms with Gasteiger partial charge in [0, 0.05) is 11.1 Å². The molecule has 0 unspecified atom stereocenters. The maximum Gasteiger partial charge on any atom is 0.417 e. The minimum atomic E-state index is -4.82. The maximum atomic E-state index is 12.7. The van der Waals surface area contributed by atoms with Crippen LogP contribution < -0.4 is 0 Å². The van der Waals surface area contributed by atoms with Crippen molar-refractivity contribution in [3.05, 3.63) is 34.4 Å². The van der Waals surface area contributed by atoms with Crippen LogP contribution in [-0.4, -0.2) is 5.78 Å². The van der Waals surface area contributed by atoms with Gasteiger partial charge in [0.25, 0.3) is 6.43 Å². The molecule has 0 bridgehead atoms. The number of hydrogen-bond acceptors (Lipinski definition) is 1. The summed E-state index contributed by atoms with van der Waals surface area (Å²) in [5, 5.41) is 0. The molecule has 0 fully saturated rings. The van der Waals surface area contributed by atoms with Gasteiger partial charge in [0.15, 0.2) is 5.78 Å². The van der Waals surface area contributed by atoms with Crippen LogP contribution in [0.5, 0.6) is 0 Å². The van der Waals surface area contributed by atoms with E-state index >= 15 is 0 Å². The number of carbonyl (C=O) groups is 1. The molecule has 0 amide bonds. The Balaban J connectivity index is 3.60. The minimum absolute atomic E-state index is 0.584. The third-order valence-electron chi connectivity index (χ3n) is 2.40. The van der Waals surface area contributed by atoms with E-state index in [4.69, 9.17) is 0 Å². The first-order valence-corrected chi connectivity index (χ1v) is 4.66. The van der Waals surface area contributed by atoms with Crippen LogP contribution in [0.25, 0.3) is 0 Å². The number of rotatable bonds is 2. The molecular weight excluding hydrogens is 243 g/mol. The third-order valence-corrected chi connectivity index (χ3v) is 2.40. The van der Waals surface area contributed by atoms with Crippen LogP contribution in [-0.2, 0) is 6.18 Å². The van der Waals surface area contributed by atoms with Gasteiger partial charge in [-0.25, -0.2) is 8.78 Å². The average Bonchev–Trinajstić information content (AvgIpc) is 2.14. The zero-order chi connectivity index (χ0) is 13.4. The fourth-order valence-electron chi connectivity index (χ4n) is 1.62. The van der Waals surface area contributed by atoms with Crippen molar-refractivity contribution in [2.45, 2.75) is 26.4 Å². The van der Waals surface area contributed by atoms with Crippen LogP contribution in [0.3, 0.4) is 0 Å². The highest BCUT2D eigenvalue weighted by atomic mass is 19.4. The fraction of sp³-hybridized carbons (Fsp3) is 0.364. The Kier molecular flexibility index (Phi) is 3.54. The standard InChI is InChI=1S/C11H9F5O/c1-5-7(10(12)13)3-4-8(6(2)17)9(5)11(14,15)16/h3-4,10H,1-2H3. The van der Waals surface area contributed by atoms with Gasteiger partial charge in [0.2, 0.25) is 0 Å². The maximum absolute atomic E-state index is 12.7. The summed E-state index contributed by atoms with van der Waals surface area (Å²) in [6.45, 7) is 1.91. The van der Waals surface area contributed by atoms with E-state index in [9.17, 15) is 26.7 Å². The Labute approximate surface area is 94.2 Å². The predicted molar refractivity (Wildman–Crippen MR) is 51.1 cm³/mol. The van der Waals surface area contributed by atoms with Gasteiger partial charge in [-0.1, -0.05) is 12.1 Å². The van der Waals surface area contributed by atoms with Crippen molar-refractivity contribution in [3.63, 3.8) is 0 Å². The summed E-state index contributed by atoms with van der Waals surface area (Å²) in [7, 11) is 0. The molecule has 0 N–H and O–H groups in total. The van der Waals surface area contributed by atoms with Gasteiger partial charge in [-0.3, -0.25) is 4.79 Å². The third kappa shape index (κ3) is 2.62. The molecule has 0 atom stereocenters. The summed E-state index contributed by atoms with van der Waals surface area (Å²) in [5.74, 6) is -0.804. The Morgan fingerprint density at radius 2 is 1.76 bits per heavy atom. The highest BCUT2D eigenvalue weighted by molar-refractivity contribution is 5.96. The van der Waals surface area contributed by atoms with Crippen LogP contribution in [0.4, 0.5) is 22.0 Å². The van der Waals surface area contributed by atoms with E-state index in [-0.39, 0.29) is 0 Å². The molecule has 0 heterocycles. The molecule has 6 heteroatoms. The number of Topliss-reactive ketones (excluding diaryl/α,β-unsaturated/α-hetero) is 1. The first-order chi connectivity index (χ1) is 7.66. The second-order valence-electron chi connectivity index (χ2n) is 3.56. The molecule has 0 aliphatic heterocycles. The highest BCUT2D eigenvalue weighted by Crippen LogP contribution is 2.38. The lowest BCUT2D eigenvalue weighted by molar-refractivity contribution is -0.138. The van der Waals surface area contributed by atoms with Crippen LogP contribution >= 0.6 is 0 Å². The number of alkyl halides is 5. The van der Waals surface area contributed by atoms with Crippen LogP contribution in [0.1, 0.15) is 40.4 Å².